The van der Waals surface area contributed by atoms with Crippen molar-refractivity contribution in [2.45, 2.75) is 32.7 Å². The molecular weight excluding hydrogens is 340 g/mol. The van der Waals surface area contributed by atoms with E-state index in [1.54, 1.807) is 11.3 Å². The number of carbonyl (C=O) groups excluding carboxylic acids is 1. The van der Waals surface area contributed by atoms with Gasteiger partial charge in [0.15, 0.2) is 0 Å². The number of benzene rings is 2. The zero-order valence-corrected chi connectivity index (χ0v) is 15.7. The third kappa shape index (κ3) is 2.90. The van der Waals surface area contributed by atoms with E-state index in [2.05, 4.69) is 52.6 Å². The number of primary amides is 1. The zero-order chi connectivity index (χ0) is 18.1. The fraction of sp³-hybridized carbons (Fsp3) is 0.227. The number of hydrogen-bond donors (Lipinski definition) is 1. The standard InChI is InChI=1S/C22H22N2OS/c1-2-3-5-15-8-9-17-20(12-15)24(13-16-10-11-26-14-16)19-7-4-6-18(21(17)19)22(23)25/h4,6-12,14H,2-3,5,13H2,1H3,(H2,23,25). The summed E-state index contributed by atoms with van der Waals surface area (Å²) in [5.41, 5.74) is 11.1. The summed E-state index contributed by atoms with van der Waals surface area (Å²) in [6.45, 7) is 3.01. The largest absolute Gasteiger partial charge is 0.366 e. The van der Waals surface area contributed by atoms with Crippen LogP contribution in [0.25, 0.3) is 21.8 Å². The van der Waals surface area contributed by atoms with E-state index in [9.17, 15) is 4.79 Å². The molecule has 0 aliphatic heterocycles. The summed E-state index contributed by atoms with van der Waals surface area (Å²) in [5, 5.41) is 6.35. The molecule has 0 spiro atoms. The van der Waals surface area contributed by atoms with Gasteiger partial charge in [0.25, 0.3) is 0 Å². The molecule has 0 saturated carbocycles. The predicted molar refractivity (Wildman–Crippen MR) is 110 cm³/mol. The molecule has 2 aromatic carbocycles. The quantitative estimate of drug-likeness (QED) is 0.494. The van der Waals surface area contributed by atoms with Crippen LogP contribution in [0.5, 0.6) is 0 Å². The van der Waals surface area contributed by atoms with Crippen molar-refractivity contribution in [3.63, 3.8) is 0 Å². The molecule has 0 fully saturated rings. The lowest BCUT2D eigenvalue weighted by molar-refractivity contribution is 0.100. The second kappa shape index (κ2) is 6.96. The van der Waals surface area contributed by atoms with Crippen molar-refractivity contribution >= 4 is 39.0 Å². The van der Waals surface area contributed by atoms with Crippen molar-refractivity contribution in [1.29, 1.82) is 0 Å². The Morgan fingerprint density at radius 2 is 2.00 bits per heavy atom. The minimum atomic E-state index is -0.375. The van der Waals surface area contributed by atoms with Gasteiger partial charge < -0.3 is 10.3 Å². The molecule has 0 aliphatic carbocycles. The van der Waals surface area contributed by atoms with Crippen molar-refractivity contribution in [1.82, 2.24) is 4.57 Å². The third-order valence-corrected chi connectivity index (χ3v) is 5.69. The Balaban J connectivity index is 1.99. The predicted octanol–water partition coefficient (Wildman–Crippen LogP) is 5.35. The van der Waals surface area contributed by atoms with E-state index in [0.717, 1.165) is 29.3 Å². The van der Waals surface area contributed by atoms with Crippen molar-refractivity contribution in [3.8, 4) is 0 Å². The van der Waals surface area contributed by atoms with Gasteiger partial charge in [0.2, 0.25) is 5.91 Å². The van der Waals surface area contributed by atoms with Gasteiger partial charge in [-0.1, -0.05) is 31.5 Å². The van der Waals surface area contributed by atoms with Crippen molar-refractivity contribution in [2.24, 2.45) is 5.73 Å². The normalized spacial score (nSPS) is 11.4. The molecule has 132 valence electrons. The minimum absolute atomic E-state index is 0.375. The number of aryl methyl sites for hydroxylation is 1. The minimum Gasteiger partial charge on any atom is -0.366 e. The molecule has 0 unspecified atom stereocenters. The molecule has 0 atom stereocenters. The highest BCUT2D eigenvalue weighted by atomic mass is 32.1. The first-order valence-electron chi connectivity index (χ1n) is 9.03. The van der Waals surface area contributed by atoms with Gasteiger partial charge in [-0.05, 0) is 59.0 Å². The van der Waals surface area contributed by atoms with Crippen LogP contribution >= 0.6 is 11.3 Å². The van der Waals surface area contributed by atoms with Crippen molar-refractivity contribution in [2.75, 3.05) is 0 Å². The second-order valence-electron chi connectivity index (χ2n) is 6.74. The van der Waals surface area contributed by atoms with Gasteiger partial charge in [-0.25, -0.2) is 0 Å². The summed E-state index contributed by atoms with van der Waals surface area (Å²) in [4.78, 5) is 12.0. The molecule has 0 aliphatic rings. The van der Waals surface area contributed by atoms with Crippen molar-refractivity contribution in [3.05, 3.63) is 69.9 Å². The number of rotatable bonds is 6. The molecular formula is C22H22N2OS. The average molecular weight is 362 g/mol. The molecule has 2 aromatic heterocycles. The van der Waals surface area contributed by atoms with E-state index in [1.165, 1.54) is 29.5 Å². The Labute approximate surface area is 157 Å². The Hall–Kier alpha value is -2.59. The van der Waals surface area contributed by atoms with Gasteiger partial charge in [-0.3, -0.25) is 4.79 Å². The van der Waals surface area contributed by atoms with Crippen LogP contribution in [0.3, 0.4) is 0 Å². The number of thiophene rings is 1. The average Bonchev–Trinajstić information content (AvgIpc) is 3.27. The van der Waals surface area contributed by atoms with Gasteiger partial charge in [0.1, 0.15) is 0 Å². The van der Waals surface area contributed by atoms with Crippen LogP contribution in [0.1, 0.15) is 41.3 Å². The number of amides is 1. The number of aromatic nitrogens is 1. The van der Waals surface area contributed by atoms with Crippen LogP contribution in [-0.4, -0.2) is 10.5 Å². The number of unbranched alkanes of at least 4 members (excludes halogenated alkanes) is 1. The Morgan fingerprint density at radius 3 is 2.73 bits per heavy atom. The van der Waals surface area contributed by atoms with Crippen LogP contribution in [0.15, 0.2) is 53.2 Å². The van der Waals surface area contributed by atoms with Crippen LogP contribution in [0, 0.1) is 0 Å². The molecule has 4 aromatic rings. The number of hydrogen-bond acceptors (Lipinski definition) is 2. The third-order valence-electron chi connectivity index (χ3n) is 4.96. The SMILES string of the molecule is CCCCc1ccc2c3c(C(N)=O)cccc3n(Cc3ccsc3)c2c1. The van der Waals surface area contributed by atoms with Gasteiger partial charge >= 0.3 is 0 Å². The van der Waals surface area contributed by atoms with Gasteiger partial charge in [0.05, 0.1) is 5.52 Å². The number of fused-ring (bicyclic) bond motifs is 3. The Kier molecular flexibility index (Phi) is 4.51. The van der Waals surface area contributed by atoms with Crippen molar-refractivity contribution < 1.29 is 4.79 Å². The lowest BCUT2D eigenvalue weighted by Gasteiger charge is -2.08. The van der Waals surface area contributed by atoms with Gasteiger partial charge in [0, 0.05) is 28.4 Å². The number of nitrogens with two attached hydrogens (primary N) is 1. The molecule has 1 amide bonds. The van der Waals surface area contributed by atoms with Gasteiger partial charge in [-0.15, -0.1) is 0 Å². The lowest BCUT2D eigenvalue weighted by atomic mass is 10.0. The van der Waals surface area contributed by atoms with E-state index in [-0.39, 0.29) is 5.91 Å². The Morgan fingerprint density at radius 1 is 1.12 bits per heavy atom. The summed E-state index contributed by atoms with van der Waals surface area (Å²) in [6, 6.07) is 14.6. The van der Waals surface area contributed by atoms with E-state index >= 15 is 0 Å². The zero-order valence-electron chi connectivity index (χ0n) is 14.9. The van der Waals surface area contributed by atoms with Crippen LogP contribution < -0.4 is 5.73 Å². The maximum atomic E-state index is 12.0. The smallest absolute Gasteiger partial charge is 0.249 e. The maximum Gasteiger partial charge on any atom is 0.249 e. The fourth-order valence-corrected chi connectivity index (χ4v) is 4.33. The summed E-state index contributed by atoms with van der Waals surface area (Å²) >= 11 is 1.71. The van der Waals surface area contributed by atoms with E-state index in [4.69, 9.17) is 5.73 Å². The molecule has 0 saturated heterocycles. The molecule has 2 N–H and O–H groups in total. The van der Waals surface area contributed by atoms with E-state index in [0.29, 0.717) is 5.56 Å². The molecule has 2 heterocycles. The molecule has 26 heavy (non-hydrogen) atoms. The second-order valence-corrected chi connectivity index (χ2v) is 7.52. The highest BCUT2D eigenvalue weighted by molar-refractivity contribution is 7.07. The van der Waals surface area contributed by atoms with Gasteiger partial charge in [-0.2, -0.15) is 11.3 Å². The maximum absolute atomic E-state index is 12.0. The van der Waals surface area contributed by atoms with E-state index < -0.39 is 0 Å². The van der Waals surface area contributed by atoms with E-state index in [1.807, 2.05) is 12.1 Å². The molecule has 0 radical (unpaired) electrons. The first kappa shape index (κ1) is 16.9. The lowest BCUT2D eigenvalue weighted by Crippen LogP contribution is -2.11. The highest BCUT2D eigenvalue weighted by Gasteiger charge is 2.17. The van der Waals surface area contributed by atoms with Crippen LogP contribution in [0.4, 0.5) is 0 Å². The molecule has 4 rings (SSSR count). The molecule has 4 heteroatoms. The molecule has 3 nitrogen and oxygen atoms in total. The molecule has 0 bridgehead atoms. The monoisotopic (exact) mass is 362 g/mol. The number of nitrogens with zero attached hydrogens (tertiary/aromatic N) is 1. The summed E-state index contributed by atoms with van der Waals surface area (Å²) < 4.78 is 2.31. The van der Waals surface area contributed by atoms with Crippen LogP contribution in [-0.2, 0) is 13.0 Å². The highest BCUT2D eigenvalue weighted by Crippen LogP contribution is 2.33. The topological polar surface area (TPSA) is 48.0 Å². The number of carbonyl (C=O) groups is 1. The summed E-state index contributed by atoms with van der Waals surface area (Å²) in [7, 11) is 0. The Bertz CT molecular complexity index is 1080. The first-order chi connectivity index (χ1) is 12.7. The first-order valence-corrected chi connectivity index (χ1v) is 9.98. The summed E-state index contributed by atoms with van der Waals surface area (Å²) in [6.07, 6.45) is 3.44. The van der Waals surface area contributed by atoms with Crippen LogP contribution in [0.2, 0.25) is 0 Å². The fourth-order valence-electron chi connectivity index (χ4n) is 3.67. The summed E-state index contributed by atoms with van der Waals surface area (Å²) in [5.74, 6) is -0.375.